The van der Waals surface area contributed by atoms with Gasteiger partial charge in [0, 0.05) is 29.9 Å². The van der Waals surface area contributed by atoms with Gasteiger partial charge in [-0.15, -0.1) is 0 Å². The first-order valence-corrected chi connectivity index (χ1v) is 8.29. The summed E-state index contributed by atoms with van der Waals surface area (Å²) in [6.07, 6.45) is 4.04. The van der Waals surface area contributed by atoms with Crippen molar-refractivity contribution in [2.45, 2.75) is 6.42 Å². The summed E-state index contributed by atoms with van der Waals surface area (Å²) in [5, 5.41) is 13.0. The molecule has 3 rings (SSSR count). The second-order valence-electron chi connectivity index (χ2n) is 5.62. The van der Waals surface area contributed by atoms with Crippen LogP contribution < -0.4 is 9.47 Å². The first kappa shape index (κ1) is 17.5. The van der Waals surface area contributed by atoms with Crippen LogP contribution >= 0.6 is 0 Å². The molecule has 3 aromatic rings. The highest BCUT2D eigenvalue weighted by Crippen LogP contribution is 2.19. The number of aromatic nitrogens is 1. The third kappa shape index (κ3) is 4.19. The molecule has 0 aliphatic carbocycles. The molecule has 26 heavy (non-hydrogen) atoms. The van der Waals surface area contributed by atoms with Gasteiger partial charge in [-0.25, -0.2) is 0 Å². The van der Waals surface area contributed by atoms with Crippen molar-refractivity contribution in [1.29, 1.82) is 0 Å². The molecule has 0 radical (unpaired) electrons. The Morgan fingerprint density at radius 2 is 1.65 bits per heavy atom. The van der Waals surface area contributed by atoms with Gasteiger partial charge in [0.25, 0.3) is 0 Å². The molecule has 0 saturated heterocycles. The molecular weight excluding hydrogens is 328 g/mol. The minimum Gasteiger partial charge on any atom is -0.497 e. The number of pyridine rings is 1. The number of hydrogen-bond donors (Lipinski definition) is 1. The Morgan fingerprint density at radius 1 is 0.962 bits per heavy atom. The first-order valence-electron chi connectivity index (χ1n) is 8.29. The fraction of sp³-hybridized carbons (Fsp3) is 0.143. The van der Waals surface area contributed by atoms with Gasteiger partial charge in [0.2, 0.25) is 0 Å². The Labute approximate surface area is 152 Å². The van der Waals surface area contributed by atoms with E-state index in [4.69, 9.17) is 9.47 Å². The van der Waals surface area contributed by atoms with Crippen LogP contribution in [0, 0.1) is 0 Å². The van der Waals surface area contributed by atoms with E-state index < -0.39 is 0 Å². The average molecular weight is 348 g/mol. The van der Waals surface area contributed by atoms with Crippen molar-refractivity contribution in [1.82, 2.24) is 4.98 Å². The fourth-order valence-corrected chi connectivity index (χ4v) is 2.70. The number of oxime groups is 1. The Hall–Kier alpha value is -3.34. The summed E-state index contributed by atoms with van der Waals surface area (Å²) >= 11 is 0. The van der Waals surface area contributed by atoms with E-state index in [-0.39, 0.29) is 0 Å². The Kier molecular flexibility index (Phi) is 5.83. The van der Waals surface area contributed by atoms with Gasteiger partial charge < -0.3 is 14.7 Å². The Balaban J connectivity index is 1.72. The Bertz CT molecular complexity index is 862. The fourth-order valence-electron chi connectivity index (χ4n) is 2.70. The van der Waals surface area contributed by atoms with Crippen LogP contribution in [-0.2, 0) is 6.42 Å². The van der Waals surface area contributed by atoms with Crippen LogP contribution in [0.4, 0.5) is 0 Å². The largest absolute Gasteiger partial charge is 0.497 e. The molecule has 5 heteroatoms. The first-order chi connectivity index (χ1) is 12.8. The molecule has 132 valence electrons. The average Bonchev–Trinajstić information content (AvgIpc) is 2.71. The van der Waals surface area contributed by atoms with Gasteiger partial charge >= 0.3 is 0 Å². The molecule has 0 unspecified atom stereocenters. The van der Waals surface area contributed by atoms with Crippen LogP contribution in [0.5, 0.6) is 11.5 Å². The smallest absolute Gasteiger partial charge is 0.119 e. The molecule has 0 amide bonds. The summed E-state index contributed by atoms with van der Waals surface area (Å²) in [4.78, 5) is 4.01. The number of benzene rings is 2. The third-order valence-electron chi connectivity index (χ3n) is 4.03. The van der Waals surface area contributed by atoms with E-state index in [0.29, 0.717) is 18.7 Å². The number of ether oxygens (including phenoxy) is 2. The molecule has 0 bridgehead atoms. The molecule has 2 aromatic carbocycles. The van der Waals surface area contributed by atoms with Crippen LogP contribution in [0.25, 0.3) is 0 Å². The molecule has 1 N–H and O–H groups in total. The van der Waals surface area contributed by atoms with Crippen LogP contribution in [0.2, 0.25) is 0 Å². The number of methoxy groups -OCH3 is 1. The van der Waals surface area contributed by atoms with Crippen LogP contribution in [-0.4, -0.2) is 29.6 Å². The third-order valence-corrected chi connectivity index (χ3v) is 4.03. The van der Waals surface area contributed by atoms with E-state index in [1.54, 1.807) is 19.5 Å². The van der Waals surface area contributed by atoms with Gasteiger partial charge in [-0.3, -0.25) is 4.98 Å². The zero-order valence-electron chi connectivity index (χ0n) is 14.5. The lowest BCUT2D eigenvalue weighted by molar-refractivity contribution is 0.318. The number of hydrogen-bond acceptors (Lipinski definition) is 5. The van der Waals surface area contributed by atoms with Gasteiger partial charge in [0.1, 0.15) is 17.2 Å². The van der Waals surface area contributed by atoms with E-state index in [1.165, 1.54) is 0 Å². The maximum absolute atomic E-state index is 9.53. The number of nitrogens with zero attached hydrogens (tertiary/aromatic N) is 2. The lowest BCUT2D eigenvalue weighted by Crippen LogP contribution is -2.10. The maximum Gasteiger partial charge on any atom is 0.119 e. The van der Waals surface area contributed by atoms with Gasteiger partial charge in [-0.1, -0.05) is 29.4 Å². The van der Waals surface area contributed by atoms with E-state index in [1.807, 2.05) is 60.7 Å². The second-order valence-corrected chi connectivity index (χ2v) is 5.62. The molecule has 5 nitrogen and oxygen atoms in total. The summed E-state index contributed by atoms with van der Waals surface area (Å²) in [5.74, 6) is 1.58. The molecule has 0 atom stereocenters. The highest BCUT2D eigenvalue weighted by molar-refractivity contribution is 6.13. The van der Waals surface area contributed by atoms with Crippen molar-refractivity contribution in [3.8, 4) is 11.5 Å². The zero-order valence-corrected chi connectivity index (χ0v) is 14.5. The van der Waals surface area contributed by atoms with Crippen molar-refractivity contribution in [3.05, 3.63) is 89.7 Å². The highest BCUT2D eigenvalue weighted by Gasteiger charge is 2.12. The van der Waals surface area contributed by atoms with E-state index in [9.17, 15) is 5.21 Å². The van der Waals surface area contributed by atoms with Crippen LogP contribution in [0.1, 0.15) is 16.7 Å². The quantitative estimate of drug-likeness (QED) is 0.399. The molecule has 1 aromatic heterocycles. The van der Waals surface area contributed by atoms with Crippen molar-refractivity contribution >= 4 is 5.71 Å². The molecule has 0 spiro atoms. The zero-order chi connectivity index (χ0) is 18.2. The molecule has 0 aliphatic rings. The summed E-state index contributed by atoms with van der Waals surface area (Å²) in [7, 11) is 1.63. The monoisotopic (exact) mass is 348 g/mol. The molecule has 0 aliphatic heterocycles. The second kappa shape index (κ2) is 8.67. The molecule has 0 fully saturated rings. The standard InChI is InChI=1S/C21H20N2O3/c1-25-18-6-8-19(9-7-18)26-15-12-16-4-2-3-5-20(16)21(23-24)17-10-13-22-14-11-17/h2-11,13-14,24H,12,15H2,1H3. The van der Waals surface area contributed by atoms with E-state index in [0.717, 1.165) is 28.2 Å². The van der Waals surface area contributed by atoms with Crippen molar-refractivity contribution < 1.29 is 14.7 Å². The molecule has 1 heterocycles. The van der Waals surface area contributed by atoms with Gasteiger partial charge in [-0.05, 0) is 42.0 Å². The van der Waals surface area contributed by atoms with Gasteiger partial charge in [0.15, 0.2) is 0 Å². The topological polar surface area (TPSA) is 63.9 Å². The molecular formula is C21H20N2O3. The summed E-state index contributed by atoms with van der Waals surface area (Å²) in [6, 6.07) is 19.0. The SMILES string of the molecule is COc1ccc(OCCc2ccccc2C(=NO)c2ccncc2)cc1. The van der Waals surface area contributed by atoms with E-state index in [2.05, 4.69) is 10.1 Å². The lowest BCUT2D eigenvalue weighted by atomic mass is 9.96. The highest BCUT2D eigenvalue weighted by atomic mass is 16.5. The summed E-state index contributed by atoms with van der Waals surface area (Å²) < 4.78 is 11.0. The summed E-state index contributed by atoms with van der Waals surface area (Å²) in [5.41, 5.74) is 3.25. The van der Waals surface area contributed by atoms with Crippen LogP contribution in [0.15, 0.2) is 78.2 Å². The maximum atomic E-state index is 9.53. The predicted octanol–water partition coefficient (Wildman–Crippen LogP) is 3.94. The van der Waals surface area contributed by atoms with Crippen molar-refractivity contribution in [2.24, 2.45) is 5.16 Å². The molecule has 0 saturated carbocycles. The Morgan fingerprint density at radius 3 is 2.35 bits per heavy atom. The van der Waals surface area contributed by atoms with Crippen LogP contribution in [0.3, 0.4) is 0 Å². The summed E-state index contributed by atoms with van der Waals surface area (Å²) in [6.45, 7) is 0.512. The number of rotatable bonds is 7. The van der Waals surface area contributed by atoms with Gasteiger partial charge in [0.05, 0.1) is 13.7 Å². The minimum absolute atomic E-state index is 0.512. The van der Waals surface area contributed by atoms with Crippen molar-refractivity contribution in [3.63, 3.8) is 0 Å². The lowest BCUT2D eigenvalue weighted by Gasteiger charge is -2.12. The van der Waals surface area contributed by atoms with Gasteiger partial charge in [-0.2, -0.15) is 0 Å². The van der Waals surface area contributed by atoms with E-state index >= 15 is 0 Å². The minimum atomic E-state index is 0.512. The van der Waals surface area contributed by atoms with Crippen molar-refractivity contribution in [2.75, 3.05) is 13.7 Å². The predicted molar refractivity (Wildman–Crippen MR) is 100 cm³/mol. The normalized spacial score (nSPS) is 11.2.